The molecule has 5 nitrogen and oxygen atoms in total. The van der Waals surface area contributed by atoms with Crippen molar-refractivity contribution in [2.24, 2.45) is 0 Å². The largest absolute Gasteiger partial charge is 0.378 e. The van der Waals surface area contributed by atoms with Gasteiger partial charge in [0.1, 0.15) is 10.6 Å². The Balaban J connectivity index is 1.46. The summed E-state index contributed by atoms with van der Waals surface area (Å²) in [6.07, 6.45) is 3.32. The lowest BCUT2D eigenvalue weighted by Gasteiger charge is -2.09. The van der Waals surface area contributed by atoms with Gasteiger partial charge in [-0.15, -0.1) is 11.3 Å². The summed E-state index contributed by atoms with van der Waals surface area (Å²) in [5, 5.41) is 8.55. The number of aromatic nitrogens is 2. The maximum Gasteiger partial charge on any atom is 0.261 e. The molecule has 0 aliphatic carbocycles. The molecule has 3 aromatic rings. The molecule has 0 bridgehead atoms. The van der Waals surface area contributed by atoms with Crippen molar-refractivity contribution in [1.29, 1.82) is 0 Å². The summed E-state index contributed by atoms with van der Waals surface area (Å²) < 4.78 is 20.6. The van der Waals surface area contributed by atoms with E-state index in [9.17, 15) is 9.18 Å². The van der Waals surface area contributed by atoms with Crippen molar-refractivity contribution in [3.05, 3.63) is 52.3 Å². The predicted octanol–water partition coefficient (Wildman–Crippen LogP) is 3.89. The van der Waals surface area contributed by atoms with Gasteiger partial charge in [0.05, 0.1) is 23.2 Å². The van der Waals surface area contributed by atoms with E-state index < -0.39 is 0 Å². The predicted molar refractivity (Wildman–Crippen MR) is 104 cm³/mol. The summed E-state index contributed by atoms with van der Waals surface area (Å²) >= 11 is 1.44. The van der Waals surface area contributed by atoms with Crippen LogP contribution in [0.3, 0.4) is 0 Å². The summed E-state index contributed by atoms with van der Waals surface area (Å²) in [5.74, 6) is -0.305. The monoisotopic (exact) mass is 387 g/mol. The lowest BCUT2D eigenvalue weighted by molar-refractivity contribution is 0.0910. The second-order valence-electron chi connectivity index (χ2n) is 6.88. The van der Waals surface area contributed by atoms with Crippen LogP contribution >= 0.6 is 11.3 Å². The molecule has 142 valence electrons. The van der Waals surface area contributed by atoms with Crippen molar-refractivity contribution in [1.82, 2.24) is 15.1 Å². The normalized spacial score (nSPS) is 16.9. The number of nitrogens with one attached hydrogen (secondary N) is 1. The Kier molecular flexibility index (Phi) is 5.22. The Morgan fingerprint density at radius 1 is 1.41 bits per heavy atom. The molecule has 3 heterocycles. The third-order valence-corrected chi connectivity index (χ3v) is 6.00. The average molecular weight is 387 g/mol. The molecule has 1 N–H and O–H groups in total. The first-order valence-corrected chi connectivity index (χ1v) is 10.0. The molecule has 7 heteroatoms. The van der Waals surface area contributed by atoms with Crippen molar-refractivity contribution >= 4 is 27.5 Å². The van der Waals surface area contributed by atoms with Gasteiger partial charge in [-0.2, -0.15) is 5.10 Å². The molecular weight excluding hydrogens is 365 g/mol. The lowest BCUT2D eigenvalue weighted by atomic mass is 10.2. The summed E-state index contributed by atoms with van der Waals surface area (Å²) in [6.45, 7) is 3.94. The highest BCUT2D eigenvalue weighted by Gasteiger charge is 2.18. The number of carbonyl (C=O) groups excluding carboxylic acids is 1. The molecule has 1 fully saturated rings. The fraction of sp³-hybridized carbons (Fsp3) is 0.400. The van der Waals surface area contributed by atoms with E-state index in [0.717, 1.165) is 47.3 Å². The van der Waals surface area contributed by atoms with Crippen molar-refractivity contribution in [2.75, 3.05) is 13.2 Å². The Morgan fingerprint density at radius 3 is 2.96 bits per heavy atom. The van der Waals surface area contributed by atoms with Gasteiger partial charge in [-0.3, -0.25) is 9.48 Å². The van der Waals surface area contributed by atoms with Gasteiger partial charge in [0, 0.05) is 18.5 Å². The number of aryl methyl sites for hydroxylation is 1. The van der Waals surface area contributed by atoms with Crippen LogP contribution in [0.15, 0.2) is 30.3 Å². The van der Waals surface area contributed by atoms with Gasteiger partial charge in [0.25, 0.3) is 5.91 Å². The molecule has 0 saturated carbocycles. The number of carbonyl (C=O) groups is 1. The van der Waals surface area contributed by atoms with E-state index in [4.69, 9.17) is 4.74 Å². The standard InChI is InChI=1S/C20H22FN3O2S/c1-13-17-11-18(19(25)22-9-8-16-3-2-10-26-16)27-20(17)24(23-13)12-14-4-6-15(21)7-5-14/h4-7,11,16H,2-3,8-10,12H2,1H3,(H,22,25)/t16-/m1/s1. The number of fused-ring (bicyclic) bond motifs is 1. The summed E-state index contributed by atoms with van der Waals surface area (Å²) in [5.41, 5.74) is 1.86. The molecule has 1 aliphatic heterocycles. The molecule has 1 saturated heterocycles. The van der Waals surface area contributed by atoms with Crippen LogP contribution in [0.25, 0.3) is 10.2 Å². The Hall–Kier alpha value is -2.25. The van der Waals surface area contributed by atoms with Gasteiger partial charge in [-0.05, 0) is 49.9 Å². The zero-order valence-electron chi connectivity index (χ0n) is 15.2. The highest BCUT2D eigenvalue weighted by atomic mass is 32.1. The van der Waals surface area contributed by atoms with Gasteiger partial charge < -0.3 is 10.1 Å². The Labute approximate surface area is 161 Å². The molecule has 1 amide bonds. The minimum Gasteiger partial charge on any atom is -0.378 e. The second-order valence-corrected chi connectivity index (χ2v) is 7.91. The van der Waals surface area contributed by atoms with Crippen LogP contribution in [0.4, 0.5) is 4.39 Å². The zero-order valence-corrected chi connectivity index (χ0v) is 16.0. The van der Waals surface area contributed by atoms with Crippen LogP contribution in [0.1, 0.15) is 40.2 Å². The van der Waals surface area contributed by atoms with Crippen LogP contribution in [0.5, 0.6) is 0 Å². The minimum absolute atomic E-state index is 0.0538. The van der Waals surface area contributed by atoms with E-state index in [2.05, 4.69) is 10.4 Å². The number of thiophene rings is 1. The number of hydrogen-bond donors (Lipinski definition) is 1. The molecule has 0 radical (unpaired) electrons. The van der Waals surface area contributed by atoms with Gasteiger partial charge in [0.15, 0.2) is 0 Å². The van der Waals surface area contributed by atoms with E-state index >= 15 is 0 Å². The SMILES string of the molecule is Cc1nn(Cc2ccc(F)cc2)c2sc(C(=O)NCC[C@H]3CCCO3)cc12. The van der Waals surface area contributed by atoms with Crippen molar-refractivity contribution < 1.29 is 13.9 Å². The van der Waals surface area contributed by atoms with Crippen molar-refractivity contribution in [2.45, 2.75) is 38.8 Å². The van der Waals surface area contributed by atoms with Gasteiger partial charge in [-0.25, -0.2) is 4.39 Å². The van der Waals surface area contributed by atoms with Crippen LogP contribution in [0.2, 0.25) is 0 Å². The number of amides is 1. The highest BCUT2D eigenvalue weighted by Crippen LogP contribution is 2.29. The van der Waals surface area contributed by atoms with E-state index in [-0.39, 0.29) is 17.8 Å². The molecule has 2 aromatic heterocycles. The smallest absolute Gasteiger partial charge is 0.261 e. The molecule has 0 unspecified atom stereocenters. The van der Waals surface area contributed by atoms with Crippen LogP contribution in [-0.4, -0.2) is 34.9 Å². The fourth-order valence-corrected chi connectivity index (χ4v) is 4.48. The first kappa shape index (κ1) is 18.1. The third kappa shape index (κ3) is 4.04. The molecule has 4 rings (SSSR count). The van der Waals surface area contributed by atoms with E-state index in [1.807, 2.05) is 17.7 Å². The van der Waals surface area contributed by atoms with Crippen molar-refractivity contribution in [3.63, 3.8) is 0 Å². The van der Waals surface area contributed by atoms with Crippen LogP contribution < -0.4 is 5.32 Å². The highest BCUT2D eigenvalue weighted by molar-refractivity contribution is 7.20. The summed E-state index contributed by atoms with van der Waals surface area (Å²) in [6, 6.07) is 8.31. The minimum atomic E-state index is -0.251. The van der Waals surface area contributed by atoms with Crippen LogP contribution in [-0.2, 0) is 11.3 Å². The molecule has 1 aliphatic rings. The number of nitrogens with zero attached hydrogens (tertiary/aromatic N) is 2. The Morgan fingerprint density at radius 2 is 2.22 bits per heavy atom. The van der Waals surface area contributed by atoms with Gasteiger partial charge in [0.2, 0.25) is 0 Å². The van der Waals surface area contributed by atoms with E-state index in [0.29, 0.717) is 18.0 Å². The molecule has 1 aromatic carbocycles. The number of hydrogen-bond acceptors (Lipinski definition) is 4. The van der Waals surface area contributed by atoms with E-state index in [1.54, 1.807) is 12.1 Å². The lowest BCUT2D eigenvalue weighted by Crippen LogP contribution is -2.26. The average Bonchev–Trinajstić information content (AvgIpc) is 3.37. The zero-order chi connectivity index (χ0) is 18.8. The topological polar surface area (TPSA) is 56.2 Å². The van der Waals surface area contributed by atoms with Crippen molar-refractivity contribution in [3.8, 4) is 0 Å². The molecule has 27 heavy (non-hydrogen) atoms. The first-order chi connectivity index (χ1) is 13.1. The van der Waals surface area contributed by atoms with Gasteiger partial charge in [-0.1, -0.05) is 12.1 Å². The number of rotatable bonds is 6. The maximum absolute atomic E-state index is 13.1. The van der Waals surface area contributed by atoms with Gasteiger partial charge >= 0.3 is 0 Å². The fourth-order valence-electron chi connectivity index (χ4n) is 3.40. The number of ether oxygens (including phenoxy) is 1. The third-order valence-electron chi connectivity index (χ3n) is 4.85. The number of halogens is 1. The molecule has 0 spiro atoms. The summed E-state index contributed by atoms with van der Waals surface area (Å²) in [4.78, 5) is 14.1. The quantitative estimate of drug-likeness (QED) is 0.698. The Bertz CT molecular complexity index is 942. The molecule has 1 atom stereocenters. The van der Waals surface area contributed by atoms with E-state index in [1.165, 1.54) is 23.5 Å². The summed E-state index contributed by atoms with van der Waals surface area (Å²) in [7, 11) is 0. The molecular formula is C20H22FN3O2S. The second kappa shape index (κ2) is 7.78. The number of benzene rings is 1. The van der Waals surface area contributed by atoms with Crippen LogP contribution in [0, 0.1) is 12.7 Å². The first-order valence-electron chi connectivity index (χ1n) is 9.21. The maximum atomic E-state index is 13.1.